The number of aryl methyl sites for hydroxylation is 2. The van der Waals surface area contributed by atoms with Crippen LogP contribution in [0.25, 0.3) is 21.8 Å². The average molecular weight is 1440 g/mol. The molecular weight excluding hydrogens is 1330 g/mol. The quantitative estimate of drug-likeness (QED) is 0.0783. The van der Waals surface area contributed by atoms with Crippen LogP contribution in [0.15, 0.2) is 60.7 Å². The molecular formula is C82H106N4O18. The highest BCUT2D eigenvalue weighted by Crippen LogP contribution is 2.60. The number of pyridine rings is 2. The number of aliphatic hydroxyl groups is 1. The number of fused-ring (bicyclic) bond motifs is 10. The fraction of sp³-hybridized carbons (Fsp3) is 0.622. The van der Waals surface area contributed by atoms with Crippen molar-refractivity contribution in [2.45, 2.75) is 251 Å². The van der Waals surface area contributed by atoms with E-state index < -0.39 is 87.1 Å². The van der Waals surface area contributed by atoms with E-state index in [9.17, 15) is 48.3 Å². The maximum atomic E-state index is 14.8. The topological polar surface area (TPSA) is 280 Å². The number of allylic oxidation sites excluding steroid dienone is 4. The highest BCUT2D eigenvalue weighted by molar-refractivity contribution is 6.12. The summed E-state index contributed by atoms with van der Waals surface area (Å²) in [5.41, 5.74) is -2.07. The lowest BCUT2D eigenvalue weighted by molar-refractivity contribution is -0.159. The number of ether oxygens (including phenoxy) is 8. The summed E-state index contributed by atoms with van der Waals surface area (Å²) >= 11 is 0. The van der Waals surface area contributed by atoms with Gasteiger partial charge >= 0.3 is 23.9 Å². The minimum Gasteiger partial charge on any atom is -0.497 e. The molecule has 0 radical (unpaired) electrons. The fourth-order valence-electron chi connectivity index (χ4n) is 16.9. The zero-order valence-electron chi connectivity index (χ0n) is 62.9. The molecule has 0 bridgehead atoms. The van der Waals surface area contributed by atoms with Crippen molar-refractivity contribution >= 4 is 74.8 Å². The zero-order chi connectivity index (χ0) is 74.8. The SMILES string of the molecule is CCOC(=O)[C@]12CC(=O)[C@@H]3C[C@]4(CC(=O)c5c(c(CC)nc6ccc(OC)cc56)O4)CN3C(=O)[C@@H](CC(=O)OC(C)(C)C)CCCCC/C=C\[C@@H]1C2.CCOC(=O)[C@]12CC(=O)[C@@H]3C[C@]4(CC(O)c5c(c(CC)nc6ccc(OC)cc56)O4)CN3C(=O)[C@@H](CC(=O)OC(C)(C)C)CCCCC/C=C\[C@@H]1C2. The van der Waals surface area contributed by atoms with Gasteiger partial charge < -0.3 is 52.8 Å². The Bertz CT molecular complexity index is 4050. The summed E-state index contributed by atoms with van der Waals surface area (Å²) in [6.07, 6.45) is 16.6. The number of hydrogen-bond acceptors (Lipinski definition) is 20. The summed E-state index contributed by atoms with van der Waals surface area (Å²) in [6.45, 7) is 18.6. The molecule has 12 rings (SSSR count). The number of aliphatic hydroxyl groups excluding tert-OH is 1. The lowest BCUT2D eigenvalue weighted by Crippen LogP contribution is -2.48. The molecule has 6 aliphatic heterocycles. The van der Waals surface area contributed by atoms with Crippen molar-refractivity contribution in [2.75, 3.05) is 40.5 Å². The van der Waals surface area contributed by atoms with Crippen molar-refractivity contribution in [3.05, 3.63) is 83.2 Å². The second-order valence-electron chi connectivity index (χ2n) is 32.1. The van der Waals surface area contributed by atoms with Gasteiger partial charge in [-0.25, -0.2) is 9.97 Å². The Morgan fingerprint density at radius 2 is 1.02 bits per heavy atom. The van der Waals surface area contributed by atoms with Gasteiger partial charge in [-0.2, -0.15) is 0 Å². The maximum Gasteiger partial charge on any atom is 0.313 e. The monoisotopic (exact) mass is 1430 g/mol. The number of esters is 4. The van der Waals surface area contributed by atoms with E-state index in [-0.39, 0.29) is 119 Å². The Morgan fingerprint density at radius 3 is 1.49 bits per heavy atom. The summed E-state index contributed by atoms with van der Waals surface area (Å²) < 4.78 is 47.0. The Morgan fingerprint density at radius 1 is 0.567 bits per heavy atom. The van der Waals surface area contributed by atoms with E-state index in [0.29, 0.717) is 107 Å². The Hall–Kier alpha value is -8.27. The van der Waals surface area contributed by atoms with Crippen LogP contribution in [0, 0.1) is 34.5 Å². The van der Waals surface area contributed by atoms with E-state index >= 15 is 0 Å². The molecule has 2 aliphatic carbocycles. The second-order valence-corrected chi connectivity index (χ2v) is 32.1. The van der Waals surface area contributed by atoms with Crippen LogP contribution in [-0.2, 0) is 70.1 Å². The van der Waals surface area contributed by atoms with Gasteiger partial charge in [0.2, 0.25) is 11.8 Å². The number of nitrogens with zero attached hydrogens (tertiary/aromatic N) is 4. The molecule has 1 N–H and O–H groups in total. The number of carbonyl (C=O) groups is 9. The minimum atomic E-state index is -1.21. The predicted molar refractivity (Wildman–Crippen MR) is 387 cm³/mol. The summed E-state index contributed by atoms with van der Waals surface area (Å²) in [4.78, 5) is 139. The predicted octanol–water partition coefficient (Wildman–Crippen LogP) is 12.9. The number of ketones is 3. The number of benzene rings is 2. The van der Waals surface area contributed by atoms with E-state index in [0.717, 1.165) is 50.3 Å². The summed E-state index contributed by atoms with van der Waals surface area (Å²) in [5.74, 6) is -2.77. The maximum absolute atomic E-state index is 14.8. The number of Topliss-reactive ketones (excluding diaryl/α,β-unsaturated/α-hetero) is 3. The van der Waals surface area contributed by atoms with Crippen LogP contribution >= 0.6 is 0 Å². The van der Waals surface area contributed by atoms with Crippen molar-refractivity contribution in [3.63, 3.8) is 0 Å². The van der Waals surface area contributed by atoms with Crippen LogP contribution in [0.5, 0.6) is 23.0 Å². The molecule has 4 aromatic rings. The third-order valence-electron chi connectivity index (χ3n) is 22.1. The number of methoxy groups -OCH3 is 2. The lowest BCUT2D eigenvalue weighted by atomic mass is 9.83. The van der Waals surface area contributed by atoms with E-state index in [1.165, 1.54) is 4.90 Å². The average Bonchev–Trinajstić information content (AvgIpc) is 1.39. The van der Waals surface area contributed by atoms with Crippen molar-refractivity contribution in [3.8, 4) is 23.0 Å². The van der Waals surface area contributed by atoms with Crippen LogP contribution in [0.4, 0.5) is 0 Å². The normalized spacial score (nSPS) is 29.2. The molecule has 1 unspecified atom stereocenters. The Kier molecular flexibility index (Phi) is 22.9. The molecule has 2 aromatic heterocycles. The summed E-state index contributed by atoms with van der Waals surface area (Å²) in [5, 5.41) is 13.3. The number of hydrogen-bond donors (Lipinski definition) is 1. The molecule has 2 spiro atoms. The first-order valence-electron chi connectivity index (χ1n) is 37.8. The molecule has 2 saturated heterocycles. The highest BCUT2D eigenvalue weighted by Gasteiger charge is 2.65. The first kappa shape index (κ1) is 76.8. The molecule has 22 heteroatoms. The third kappa shape index (κ3) is 16.4. The van der Waals surface area contributed by atoms with Gasteiger partial charge in [0.1, 0.15) is 39.7 Å². The molecule has 8 aliphatic rings. The van der Waals surface area contributed by atoms with Crippen molar-refractivity contribution in [1.29, 1.82) is 0 Å². The van der Waals surface area contributed by atoms with Gasteiger partial charge in [-0.05, 0) is 168 Å². The van der Waals surface area contributed by atoms with Crippen LogP contribution in [0.2, 0.25) is 0 Å². The number of aromatic nitrogens is 2. The van der Waals surface area contributed by atoms with E-state index in [1.54, 1.807) is 86.6 Å². The molecule has 22 nitrogen and oxygen atoms in total. The van der Waals surface area contributed by atoms with Gasteiger partial charge in [-0.3, -0.25) is 43.2 Å². The molecule has 2 aromatic carbocycles. The first-order valence-corrected chi connectivity index (χ1v) is 37.8. The molecule has 11 atom stereocenters. The van der Waals surface area contributed by atoms with E-state index in [4.69, 9.17) is 47.9 Å². The van der Waals surface area contributed by atoms with Crippen molar-refractivity contribution in [1.82, 2.24) is 19.8 Å². The van der Waals surface area contributed by atoms with Crippen LogP contribution < -0.4 is 18.9 Å². The Labute approximate surface area is 610 Å². The highest BCUT2D eigenvalue weighted by atomic mass is 16.6. The van der Waals surface area contributed by atoms with Gasteiger partial charge in [0, 0.05) is 60.3 Å². The van der Waals surface area contributed by atoms with Crippen molar-refractivity contribution < 1.29 is 86.2 Å². The van der Waals surface area contributed by atoms with Gasteiger partial charge in [-0.1, -0.05) is 63.8 Å². The molecule has 562 valence electrons. The van der Waals surface area contributed by atoms with Gasteiger partial charge in [0.15, 0.2) is 23.1 Å². The summed E-state index contributed by atoms with van der Waals surface area (Å²) in [7, 11) is 3.14. The molecule has 8 heterocycles. The minimum absolute atomic E-state index is 0.0206. The van der Waals surface area contributed by atoms with E-state index in [1.807, 2.05) is 50.3 Å². The summed E-state index contributed by atoms with van der Waals surface area (Å²) in [6, 6.07) is 9.03. The van der Waals surface area contributed by atoms with Gasteiger partial charge in [0.05, 0.1) is 117 Å². The zero-order valence-corrected chi connectivity index (χ0v) is 62.9. The standard InChI is InChI=1S/C41H54N2O9.C41H52N2O9/c2*1-7-29-36-35(28-19-27(49-6)16-17-30(28)42-29)33(45)22-40(52-36)21-31-32(44)23-41(38(48)50-8-2)20-26(41)15-13-11-9-10-12-14-25(37(47)43(31)24-40)18-34(46)51-39(3,4)5/h13,15-17,19,25-26,31,33,45H,7-12,14,18,20-24H2,1-6H3;13,15-17,19,25-26,31H,7-12,14,18,20-24H2,1-6H3/b2*15-13-/t25-,26-,31+,33?,40+,41-;25-,26-,31+,40+,41-/m11/s1. The van der Waals surface area contributed by atoms with Crippen LogP contribution in [-0.4, -0.2) is 153 Å². The lowest BCUT2D eigenvalue weighted by Gasteiger charge is -2.39. The second kappa shape index (κ2) is 31.0. The molecule has 2 amide bonds. The van der Waals surface area contributed by atoms with Crippen molar-refractivity contribution in [2.24, 2.45) is 34.5 Å². The first-order chi connectivity index (χ1) is 49.5. The fourth-order valence-corrected chi connectivity index (χ4v) is 16.9. The smallest absolute Gasteiger partial charge is 0.313 e. The van der Waals surface area contributed by atoms with Crippen LogP contribution in [0.1, 0.15) is 231 Å². The number of rotatable bonds is 12. The Balaban J connectivity index is 0.000000208. The number of amides is 2. The number of carbonyl (C=O) groups excluding carboxylic acids is 9. The van der Waals surface area contributed by atoms with Crippen LogP contribution in [0.3, 0.4) is 0 Å². The largest absolute Gasteiger partial charge is 0.497 e. The third-order valence-corrected chi connectivity index (χ3v) is 22.1. The van der Waals surface area contributed by atoms with Gasteiger partial charge in [0.25, 0.3) is 0 Å². The van der Waals surface area contributed by atoms with Gasteiger partial charge in [-0.15, -0.1) is 0 Å². The molecule has 4 fully saturated rings. The molecule has 2 saturated carbocycles. The van der Waals surface area contributed by atoms with E-state index in [2.05, 4.69) is 12.2 Å². The molecule has 104 heavy (non-hydrogen) atoms.